The quantitative estimate of drug-likeness (QED) is 0.677. The first-order valence-electron chi connectivity index (χ1n) is 7.27. The molecule has 3 rings (SSSR count). The van der Waals surface area contributed by atoms with Gasteiger partial charge in [-0.2, -0.15) is 0 Å². The Hall–Kier alpha value is -2.01. The highest BCUT2D eigenvalue weighted by molar-refractivity contribution is 5.96. The topological polar surface area (TPSA) is 60.5 Å². The first-order chi connectivity index (χ1) is 10.1. The third kappa shape index (κ3) is 2.49. The third-order valence-electron chi connectivity index (χ3n) is 4.44. The van der Waals surface area contributed by atoms with Crippen molar-refractivity contribution in [3.63, 3.8) is 0 Å². The van der Waals surface area contributed by atoms with Crippen molar-refractivity contribution < 1.29 is 9.53 Å². The zero-order chi connectivity index (χ0) is 15.0. The molecule has 112 valence electrons. The monoisotopic (exact) mass is 287 g/mol. The smallest absolute Gasteiger partial charge is 0.337 e. The number of rotatable bonds is 2. The van der Waals surface area contributed by atoms with Crippen molar-refractivity contribution in [3.05, 3.63) is 35.5 Å². The number of aromatic nitrogens is 1. The maximum atomic E-state index is 11.7. The molecule has 1 saturated heterocycles. The van der Waals surface area contributed by atoms with Gasteiger partial charge in [-0.05, 0) is 62.7 Å². The van der Waals surface area contributed by atoms with Crippen molar-refractivity contribution >= 4 is 16.9 Å². The molecule has 0 amide bonds. The molecule has 1 aromatic carbocycles. The number of ether oxygens (including phenoxy) is 1. The Kier molecular flexibility index (Phi) is 3.59. The van der Waals surface area contributed by atoms with Crippen molar-refractivity contribution in [2.45, 2.75) is 18.8 Å². The zero-order valence-corrected chi connectivity index (χ0v) is 12.5. The molecule has 0 unspecified atom stereocenters. The van der Waals surface area contributed by atoms with E-state index in [1.165, 1.54) is 12.7 Å². The van der Waals surface area contributed by atoms with Gasteiger partial charge in [0.05, 0.1) is 18.2 Å². The third-order valence-corrected chi connectivity index (χ3v) is 4.44. The molecule has 21 heavy (non-hydrogen) atoms. The molecule has 2 aromatic rings. The Morgan fingerprint density at radius 2 is 2.05 bits per heavy atom. The summed E-state index contributed by atoms with van der Waals surface area (Å²) in [6, 6.07) is 5.55. The molecule has 0 bridgehead atoms. The fourth-order valence-electron chi connectivity index (χ4n) is 3.17. The highest BCUT2D eigenvalue weighted by atomic mass is 16.5. The number of carbonyl (C=O) groups is 1. The molecule has 1 fully saturated rings. The number of nitrogens with two attached hydrogens (primary N) is 1. The summed E-state index contributed by atoms with van der Waals surface area (Å²) in [5, 5.41) is 1.06. The SMILES string of the molecule is COC(=O)c1ccc2c(c1)c(C1CCN(C)CC1)cn2N. The van der Waals surface area contributed by atoms with Crippen LogP contribution in [0.2, 0.25) is 0 Å². The maximum Gasteiger partial charge on any atom is 0.337 e. The lowest BCUT2D eigenvalue weighted by Gasteiger charge is -2.28. The number of methoxy groups -OCH3 is 1. The second-order valence-electron chi connectivity index (χ2n) is 5.79. The summed E-state index contributed by atoms with van der Waals surface area (Å²) in [6.07, 6.45) is 4.25. The molecule has 1 aliphatic rings. The van der Waals surface area contributed by atoms with Crippen molar-refractivity contribution in [2.75, 3.05) is 33.1 Å². The van der Waals surface area contributed by atoms with Crippen LogP contribution in [0.3, 0.4) is 0 Å². The van der Waals surface area contributed by atoms with Crippen LogP contribution in [-0.4, -0.2) is 42.8 Å². The largest absolute Gasteiger partial charge is 0.465 e. The summed E-state index contributed by atoms with van der Waals surface area (Å²) in [6.45, 7) is 2.19. The molecule has 0 spiro atoms. The minimum Gasteiger partial charge on any atom is -0.465 e. The van der Waals surface area contributed by atoms with E-state index in [1.807, 2.05) is 18.3 Å². The minimum absolute atomic E-state index is 0.309. The Bertz CT molecular complexity index is 669. The van der Waals surface area contributed by atoms with Crippen LogP contribution >= 0.6 is 0 Å². The number of carbonyl (C=O) groups excluding carboxylic acids is 1. The van der Waals surface area contributed by atoms with Crippen LogP contribution in [0.4, 0.5) is 0 Å². The van der Waals surface area contributed by atoms with Gasteiger partial charge in [-0.25, -0.2) is 4.79 Å². The van der Waals surface area contributed by atoms with E-state index in [4.69, 9.17) is 10.6 Å². The average molecular weight is 287 g/mol. The van der Waals surface area contributed by atoms with E-state index < -0.39 is 0 Å². The lowest BCUT2D eigenvalue weighted by atomic mass is 9.89. The Morgan fingerprint density at radius 3 is 2.71 bits per heavy atom. The summed E-state index contributed by atoms with van der Waals surface area (Å²) >= 11 is 0. The van der Waals surface area contributed by atoms with Crippen molar-refractivity contribution in [3.8, 4) is 0 Å². The number of esters is 1. The van der Waals surface area contributed by atoms with Gasteiger partial charge in [-0.15, -0.1) is 0 Å². The number of hydrogen-bond donors (Lipinski definition) is 1. The summed E-state index contributed by atoms with van der Waals surface area (Å²) in [4.78, 5) is 14.1. The van der Waals surface area contributed by atoms with Crippen molar-refractivity contribution in [1.82, 2.24) is 9.58 Å². The number of benzene rings is 1. The van der Waals surface area contributed by atoms with Gasteiger partial charge in [0, 0.05) is 11.6 Å². The predicted molar refractivity (Wildman–Crippen MR) is 82.9 cm³/mol. The summed E-state index contributed by atoms with van der Waals surface area (Å²) in [5.74, 6) is 6.25. The van der Waals surface area contributed by atoms with Crippen LogP contribution in [0.15, 0.2) is 24.4 Å². The van der Waals surface area contributed by atoms with Gasteiger partial charge in [0.25, 0.3) is 0 Å². The van der Waals surface area contributed by atoms with E-state index in [-0.39, 0.29) is 5.97 Å². The van der Waals surface area contributed by atoms with Crippen LogP contribution < -0.4 is 5.84 Å². The number of nitrogen functional groups attached to an aromatic ring is 1. The van der Waals surface area contributed by atoms with Crippen LogP contribution in [0, 0.1) is 0 Å². The number of piperidine rings is 1. The molecule has 1 aromatic heterocycles. The van der Waals surface area contributed by atoms with Crippen molar-refractivity contribution in [2.24, 2.45) is 0 Å². The molecular formula is C16H21N3O2. The highest BCUT2D eigenvalue weighted by Gasteiger charge is 2.22. The van der Waals surface area contributed by atoms with Crippen LogP contribution in [-0.2, 0) is 4.74 Å². The van der Waals surface area contributed by atoms with Gasteiger partial charge in [-0.1, -0.05) is 0 Å². The van der Waals surface area contributed by atoms with E-state index in [1.54, 1.807) is 10.7 Å². The molecular weight excluding hydrogens is 266 g/mol. The lowest BCUT2D eigenvalue weighted by molar-refractivity contribution is 0.0601. The van der Waals surface area contributed by atoms with Crippen molar-refractivity contribution in [1.29, 1.82) is 0 Å². The standard InChI is InChI=1S/C16H21N3O2/c1-18-7-5-11(6-8-18)14-10-19(17)15-4-3-12(9-13(14)15)16(20)21-2/h3-4,9-11H,5-8,17H2,1-2H3. The van der Waals surface area contributed by atoms with Crippen LogP contribution in [0.25, 0.3) is 10.9 Å². The van der Waals surface area contributed by atoms with Gasteiger partial charge in [0.2, 0.25) is 0 Å². The van der Waals surface area contributed by atoms with E-state index in [2.05, 4.69) is 11.9 Å². The second kappa shape index (κ2) is 5.41. The Morgan fingerprint density at radius 1 is 1.33 bits per heavy atom. The molecule has 0 atom stereocenters. The second-order valence-corrected chi connectivity index (χ2v) is 5.79. The van der Waals surface area contributed by atoms with Crippen LogP contribution in [0.5, 0.6) is 0 Å². The fraction of sp³-hybridized carbons (Fsp3) is 0.438. The molecule has 2 N–H and O–H groups in total. The molecule has 0 saturated carbocycles. The van der Waals surface area contributed by atoms with Gasteiger partial charge >= 0.3 is 5.97 Å². The molecule has 1 aliphatic heterocycles. The predicted octanol–water partition coefficient (Wildman–Crippen LogP) is 1.95. The first kappa shape index (κ1) is 13.9. The maximum absolute atomic E-state index is 11.7. The molecule has 0 radical (unpaired) electrons. The number of nitrogens with zero attached hydrogens (tertiary/aromatic N) is 2. The summed E-state index contributed by atoms with van der Waals surface area (Å²) in [5.41, 5.74) is 2.77. The van der Waals surface area contributed by atoms with E-state index >= 15 is 0 Å². The van der Waals surface area contributed by atoms with Crippen LogP contribution in [0.1, 0.15) is 34.7 Å². The summed E-state index contributed by atoms with van der Waals surface area (Å²) in [7, 11) is 3.55. The summed E-state index contributed by atoms with van der Waals surface area (Å²) < 4.78 is 6.46. The highest BCUT2D eigenvalue weighted by Crippen LogP contribution is 2.34. The Balaban J connectivity index is 2.03. The minimum atomic E-state index is -0.309. The molecule has 0 aliphatic carbocycles. The molecule has 5 nitrogen and oxygen atoms in total. The average Bonchev–Trinajstić information content (AvgIpc) is 2.84. The Labute approximate surface area is 124 Å². The fourth-order valence-corrected chi connectivity index (χ4v) is 3.17. The van der Waals surface area contributed by atoms with Gasteiger partial charge < -0.3 is 15.5 Å². The number of hydrogen-bond acceptors (Lipinski definition) is 4. The lowest BCUT2D eigenvalue weighted by Crippen LogP contribution is -2.29. The number of likely N-dealkylation sites (tertiary alicyclic amines) is 1. The number of fused-ring (bicyclic) bond motifs is 1. The molecule has 5 heteroatoms. The van der Waals surface area contributed by atoms with E-state index in [0.29, 0.717) is 11.5 Å². The van der Waals surface area contributed by atoms with Gasteiger partial charge in [-0.3, -0.25) is 4.68 Å². The van der Waals surface area contributed by atoms with E-state index in [0.717, 1.165) is 36.8 Å². The molecule has 2 heterocycles. The normalized spacial score (nSPS) is 17.2. The zero-order valence-electron chi connectivity index (χ0n) is 12.5. The first-order valence-corrected chi connectivity index (χ1v) is 7.27. The van der Waals surface area contributed by atoms with E-state index in [9.17, 15) is 4.79 Å². The van der Waals surface area contributed by atoms with Gasteiger partial charge in [0.15, 0.2) is 0 Å². The van der Waals surface area contributed by atoms with Gasteiger partial charge in [0.1, 0.15) is 0 Å².